The topological polar surface area (TPSA) is 61.4 Å². The summed E-state index contributed by atoms with van der Waals surface area (Å²) in [5.41, 5.74) is 2.15. The first-order chi connectivity index (χ1) is 10.4. The molecule has 2 rings (SSSR count). The number of hydrogen-bond donors (Lipinski definition) is 2. The van der Waals surface area contributed by atoms with Gasteiger partial charge in [0.2, 0.25) is 0 Å². The van der Waals surface area contributed by atoms with Crippen molar-refractivity contribution in [3.63, 3.8) is 0 Å². The Labute approximate surface area is 132 Å². The Bertz CT molecular complexity index is 569. The zero-order valence-electron chi connectivity index (χ0n) is 13.8. The number of hydrogen-bond acceptors (Lipinski definition) is 2. The van der Waals surface area contributed by atoms with Crippen LogP contribution in [0.2, 0.25) is 0 Å². The van der Waals surface area contributed by atoms with Crippen molar-refractivity contribution in [2.24, 2.45) is 5.92 Å². The van der Waals surface area contributed by atoms with E-state index in [4.69, 9.17) is 0 Å². The number of nitrogens with one attached hydrogen (secondary N) is 2. The molecule has 1 aromatic carbocycles. The molecule has 0 spiro atoms. The number of nitrogens with zero attached hydrogens (tertiary/aromatic N) is 1. The summed E-state index contributed by atoms with van der Waals surface area (Å²) in [6, 6.07) is 5.42. The van der Waals surface area contributed by atoms with E-state index >= 15 is 0 Å². The monoisotopic (exact) mass is 303 g/mol. The molecule has 1 aliphatic rings. The van der Waals surface area contributed by atoms with E-state index < -0.39 is 0 Å². The Balaban J connectivity index is 2.09. The highest BCUT2D eigenvalue weighted by Crippen LogP contribution is 2.19. The number of anilines is 1. The van der Waals surface area contributed by atoms with Gasteiger partial charge in [0.25, 0.3) is 5.91 Å². The Morgan fingerprint density at radius 3 is 2.64 bits per heavy atom. The first kappa shape index (κ1) is 16.3. The Morgan fingerprint density at radius 1 is 1.32 bits per heavy atom. The summed E-state index contributed by atoms with van der Waals surface area (Å²) >= 11 is 0. The highest BCUT2D eigenvalue weighted by molar-refractivity contribution is 5.98. The molecule has 0 saturated carbocycles. The maximum Gasteiger partial charge on any atom is 0.321 e. The second-order valence-corrected chi connectivity index (χ2v) is 6.43. The lowest BCUT2D eigenvalue weighted by Gasteiger charge is -2.18. The molecule has 0 aliphatic carbocycles. The highest BCUT2D eigenvalue weighted by atomic mass is 16.2. The minimum absolute atomic E-state index is 0.0798. The third-order valence-corrected chi connectivity index (χ3v) is 3.86. The lowest BCUT2D eigenvalue weighted by molar-refractivity contribution is 0.0942. The number of amides is 3. The third kappa shape index (κ3) is 4.00. The van der Waals surface area contributed by atoms with Gasteiger partial charge < -0.3 is 15.5 Å². The molecule has 1 aliphatic heterocycles. The summed E-state index contributed by atoms with van der Waals surface area (Å²) < 4.78 is 0. The molecule has 0 aromatic heterocycles. The minimum atomic E-state index is -0.113. The lowest BCUT2D eigenvalue weighted by Crippen LogP contribution is -2.33. The molecule has 1 atom stereocenters. The highest BCUT2D eigenvalue weighted by Gasteiger charge is 2.23. The van der Waals surface area contributed by atoms with E-state index in [1.807, 2.05) is 37.8 Å². The minimum Gasteiger partial charge on any atom is -0.350 e. The average Bonchev–Trinajstić information content (AvgIpc) is 2.87. The second kappa shape index (κ2) is 6.81. The van der Waals surface area contributed by atoms with Crippen molar-refractivity contribution in [2.75, 3.05) is 18.4 Å². The van der Waals surface area contributed by atoms with Crippen molar-refractivity contribution < 1.29 is 9.59 Å². The van der Waals surface area contributed by atoms with Gasteiger partial charge in [0.15, 0.2) is 0 Å². The van der Waals surface area contributed by atoms with E-state index in [2.05, 4.69) is 17.6 Å². The molecule has 22 heavy (non-hydrogen) atoms. The summed E-state index contributed by atoms with van der Waals surface area (Å²) in [7, 11) is 0. The van der Waals surface area contributed by atoms with Crippen LogP contribution in [0.4, 0.5) is 10.5 Å². The molecule has 1 unspecified atom stereocenters. The number of rotatable bonds is 3. The van der Waals surface area contributed by atoms with Gasteiger partial charge in [-0.05, 0) is 50.8 Å². The SMILES string of the molecule is Cc1ccc(NC(=O)N2CCC(C)C2)cc1C(=O)NC(C)C. The van der Waals surface area contributed by atoms with Gasteiger partial charge in [-0.3, -0.25) is 4.79 Å². The molecule has 0 radical (unpaired) electrons. The quantitative estimate of drug-likeness (QED) is 0.901. The van der Waals surface area contributed by atoms with Gasteiger partial charge in [0, 0.05) is 30.4 Å². The summed E-state index contributed by atoms with van der Waals surface area (Å²) in [6.07, 6.45) is 1.05. The van der Waals surface area contributed by atoms with E-state index in [1.165, 1.54) is 0 Å². The number of likely N-dealkylation sites (tertiary alicyclic amines) is 1. The van der Waals surface area contributed by atoms with Crippen molar-refractivity contribution in [1.82, 2.24) is 10.2 Å². The molecule has 0 bridgehead atoms. The molecular weight excluding hydrogens is 278 g/mol. The Kier molecular flexibility index (Phi) is 5.06. The molecule has 3 amide bonds. The standard InChI is InChI=1S/C17H25N3O2/c1-11(2)18-16(21)15-9-14(6-5-13(15)4)19-17(22)20-8-7-12(3)10-20/h5-6,9,11-12H,7-8,10H2,1-4H3,(H,18,21)(H,19,22). The van der Waals surface area contributed by atoms with Gasteiger partial charge in [-0.2, -0.15) is 0 Å². The summed E-state index contributed by atoms with van der Waals surface area (Å²) in [4.78, 5) is 26.2. The van der Waals surface area contributed by atoms with Gasteiger partial charge in [-0.15, -0.1) is 0 Å². The maximum absolute atomic E-state index is 12.2. The predicted octanol–water partition coefficient (Wildman–Crippen LogP) is 3.01. The van der Waals surface area contributed by atoms with Crippen LogP contribution in [0.25, 0.3) is 0 Å². The predicted molar refractivity (Wildman–Crippen MR) is 88.2 cm³/mol. The van der Waals surface area contributed by atoms with Crippen molar-refractivity contribution in [1.29, 1.82) is 0 Å². The average molecular weight is 303 g/mol. The van der Waals surface area contributed by atoms with E-state index in [9.17, 15) is 9.59 Å². The molecule has 1 saturated heterocycles. The molecule has 1 fully saturated rings. The second-order valence-electron chi connectivity index (χ2n) is 6.43. The number of aryl methyl sites for hydroxylation is 1. The van der Waals surface area contributed by atoms with Crippen LogP contribution in [0.5, 0.6) is 0 Å². The first-order valence-electron chi connectivity index (χ1n) is 7.84. The van der Waals surface area contributed by atoms with Crippen molar-refractivity contribution in [3.8, 4) is 0 Å². The molecule has 1 aromatic rings. The van der Waals surface area contributed by atoms with Crippen LogP contribution < -0.4 is 10.6 Å². The van der Waals surface area contributed by atoms with Gasteiger partial charge in [-0.25, -0.2) is 4.79 Å². The van der Waals surface area contributed by atoms with E-state index in [-0.39, 0.29) is 18.0 Å². The zero-order valence-corrected chi connectivity index (χ0v) is 13.8. The first-order valence-corrected chi connectivity index (χ1v) is 7.84. The maximum atomic E-state index is 12.2. The summed E-state index contributed by atoms with van der Waals surface area (Å²) in [5.74, 6) is 0.439. The normalized spacial score (nSPS) is 17.7. The molecule has 120 valence electrons. The molecule has 5 heteroatoms. The Hall–Kier alpha value is -2.04. The molecular formula is C17H25N3O2. The molecule has 1 heterocycles. The lowest BCUT2D eigenvalue weighted by atomic mass is 10.1. The largest absolute Gasteiger partial charge is 0.350 e. The Morgan fingerprint density at radius 2 is 2.05 bits per heavy atom. The van der Waals surface area contributed by atoms with Gasteiger partial charge >= 0.3 is 6.03 Å². The van der Waals surface area contributed by atoms with Crippen LogP contribution >= 0.6 is 0 Å². The summed E-state index contributed by atoms with van der Waals surface area (Å²) in [5, 5.41) is 5.77. The number of carbonyl (C=O) groups excluding carboxylic acids is 2. The fourth-order valence-electron chi connectivity index (χ4n) is 2.61. The van der Waals surface area contributed by atoms with Crippen molar-refractivity contribution in [3.05, 3.63) is 29.3 Å². The number of urea groups is 1. The fraction of sp³-hybridized carbons (Fsp3) is 0.529. The number of benzene rings is 1. The number of carbonyl (C=O) groups is 2. The van der Waals surface area contributed by atoms with Crippen molar-refractivity contribution in [2.45, 2.75) is 40.2 Å². The smallest absolute Gasteiger partial charge is 0.321 e. The zero-order chi connectivity index (χ0) is 16.3. The third-order valence-electron chi connectivity index (χ3n) is 3.86. The van der Waals surface area contributed by atoms with E-state index in [0.29, 0.717) is 17.2 Å². The molecule has 2 N–H and O–H groups in total. The van der Waals surface area contributed by atoms with Crippen LogP contribution in [0.15, 0.2) is 18.2 Å². The van der Waals surface area contributed by atoms with Crippen LogP contribution in [-0.4, -0.2) is 36.0 Å². The van der Waals surface area contributed by atoms with Gasteiger partial charge in [0.05, 0.1) is 0 Å². The van der Waals surface area contributed by atoms with Gasteiger partial charge in [0.1, 0.15) is 0 Å². The van der Waals surface area contributed by atoms with E-state index in [0.717, 1.165) is 25.1 Å². The van der Waals surface area contributed by atoms with Crippen LogP contribution in [0.1, 0.15) is 43.1 Å². The molecule has 5 nitrogen and oxygen atoms in total. The van der Waals surface area contributed by atoms with Crippen LogP contribution in [0.3, 0.4) is 0 Å². The summed E-state index contributed by atoms with van der Waals surface area (Å²) in [6.45, 7) is 9.47. The van der Waals surface area contributed by atoms with E-state index in [1.54, 1.807) is 6.07 Å². The van der Waals surface area contributed by atoms with Crippen molar-refractivity contribution >= 4 is 17.6 Å². The van der Waals surface area contributed by atoms with Gasteiger partial charge in [-0.1, -0.05) is 13.0 Å². The van der Waals surface area contributed by atoms with Crippen LogP contribution in [-0.2, 0) is 0 Å². The van der Waals surface area contributed by atoms with Crippen LogP contribution in [0, 0.1) is 12.8 Å². The fourth-order valence-corrected chi connectivity index (χ4v) is 2.61.